The van der Waals surface area contributed by atoms with Crippen molar-refractivity contribution in [2.24, 2.45) is 5.92 Å². The van der Waals surface area contributed by atoms with Gasteiger partial charge in [0.05, 0.1) is 12.0 Å². The number of nitrogens with one attached hydrogen (secondary N) is 2. The maximum Gasteiger partial charge on any atom is 0.226 e. The van der Waals surface area contributed by atoms with E-state index in [9.17, 15) is 4.79 Å². The molecule has 2 aliphatic rings. The van der Waals surface area contributed by atoms with E-state index in [0.717, 1.165) is 44.5 Å². The molecule has 1 fully saturated rings. The van der Waals surface area contributed by atoms with Gasteiger partial charge in [-0.25, -0.2) is 0 Å². The number of ether oxygens (including phenoxy) is 1. The van der Waals surface area contributed by atoms with Crippen LogP contribution in [0.1, 0.15) is 36.5 Å². The second-order valence-electron chi connectivity index (χ2n) is 6.49. The topological polar surface area (TPSA) is 50.4 Å². The summed E-state index contributed by atoms with van der Waals surface area (Å²) in [4.78, 5) is 12.7. The third-order valence-electron chi connectivity index (χ3n) is 4.71. The van der Waals surface area contributed by atoms with Crippen LogP contribution >= 0.6 is 0 Å². The SMILES string of the molecule is Cc1ccc(C2OCCCC2C(=O)NCC2=CCNCC2)cc1. The molecule has 0 spiro atoms. The highest BCUT2D eigenvalue weighted by Crippen LogP contribution is 2.33. The fraction of sp³-hybridized carbons (Fsp3) is 0.526. The number of amides is 1. The first-order valence-corrected chi connectivity index (χ1v) is 8.58. The van der Waals surface area contributed by atoms with E-state index in [2.05, 4.69) is 47.9 Å². The van der Waals surface area contributed by atoms with E-state index < -0.39 is 0 Å². The fourth-order valence-electron chi connectivity index (χ4n) is 3.30. The molecule has 2 aliphatic heterocycles. The first-order chi connectivity index (χ1) is 11.2. The Morgan fingerprint density at radius 2 is 2.17 bits per heavy atom. The molecule has 2 N–H and O–H groups in total. The Bertz CT molecular complexity index is 565. The van der Waals surface area contributed by atoms with Crippen molar-refractivity contribution in [2.75, 3.05) is 26.2 Å². The van der Waals surface area contributed by atoms with Crippen LogP contribution in [0.5, 0.6) is 0 Å². The van der Waals surface area contributed by atoms with Crippen LogP contribution in [0.3, 0.4) is 0 Å². The summed E-state index contributed by atoms with van der Waals surface area (Å²) in [6.45, 7) is 5.38. The van der Waals surface area contributed by atoms with Gasteiger partial charge in [0.2, 0.25) is 5.91 Å². The van der Waals surface area contributed by atoms with E-state index in [1.165, 1.54) is 11.1 Å². The number of carbonyl (C=O) groups is 1. The van der Waals surface area contributed by atoms with E-state index in [0.29, 0.717) is 6.54 Å². The van der Waals surface area contributed by atoms with E-state index >= 15 is 0 Å². The van der Waals surface area contributed by atoms with E-state index in [1.54, 1.807) is 0 Å². The number of carbonyl (C=O) groups excluding carboxylic acids is 1. The molecule has 1 aromatic carbocycles. The van der Waals surface area contributed by atoms with Gasteiger partial charge in [0, 0.05) is 19.7 Å². The lowest BCUT2D eigenvalue weighted by atomic mass is 9.88. The molecule has 4 heteroatoms. The Labute approximate surface area is 138 Å². The highest BCUT2D eigenvalue weighted by Gasteiger charge is 2.32. The summed E-state index contributed by atoms with van der Waals surface area (Å²) in [6.07, 6.45) is 4.92. The molecular formula is C19H26N2O2. The molecule has 3 rings (SSSR count). The van der Waals surface area contributed by atoms with Crippen molar-refractivity contribution in [1.82, 2.24) is 10.6 Å². The Hall–Kier alpha value is -1.65. The van der Waals surface area contributed by atoms with Gasteiger partial charge in [0.25, 0.3) is 0 Å². The lowest BCUT2D eigenvalue weighted by Crippen LogP contribution is -2.39. The Balaban J connectivity index is 1.64. The van der Waals surface area contributed by atoms with Crippen LogP contribution in [-0.4, -0.2) is 32.1 Å². The van der Waals surface area contributed by atoms with Crippen molar-refractivity contribution < 1.29 is 9.53 Å². The van der Waals surface area contributed by atoms with Gasteiger partial charge < -0.3 is 15.4 Å². The van der Waals surface area contributed by atoms with Gasteiger partial charge >= 0.3 is 0 Å². The largest absolute Gasteiger partial charge is 0.373 e. The van der Waals surface area contributed by atoms with Crippen LogP contribution in [0.25, 0.3) is 0 Å². The molecule has 2 heterocycles. The van der Waals surface area contributed by atoms with Crippen molar-refractivity contribution in [3.05, 3.63) is 47.0 Å². The molecule has 4 nitrogen and oxygen atoms in total. The minimum Gasteiger partial charge on any atom is -0.373 e. The predicted octanol–water partition coefficient (Wildman–Crippen LogP) is 2.50. The average molecular weight is 314 g/mol. The first kappa shape index (κ1) is 16.2. The summed E-state index contributed by atoms with van der Waals surface area (Å²) < 4.78 is 5.94. The lowest BCUT2D eigenvalue weighted by molar-refractivity contribution is -0.134. The minimum absolute atomic E-state index is 0.0891. The summed E-state index contributed by atoms with van der Waals surface area (Å²) in [6, 6.07) is 8.34. The third-order valence-corrected chi connectivity index (χ3v) is 4.71. The maximum absolute atomic E-state index is 12.7. The fourth-order valence-corrected chi connectivity index (χ4v) is 3.30. The van der Waals surface area contributed by atoms with Gasteiger partial charge in [-0.3, -0.25) is 4.79 Å². The van der Waals surface area contributed by atoms with Crippen LogP contribution in [0.15, 0.2) is 35.9 Å². The molecule has 2 unspecified atom stereocenters. The van der Waals surface area contributed by atoms with Crippen molar-refractivity contribution in [3.8, 4) is 0 Å². The molecule has 1 aromatic rings. The molecule has 124 valence electrons. The monoisotopic (exact) mass is 314 g/mol. The molecule has 1 saturated heterocycles. The summed E-state index contributed by atoms with van der Waals surface area (Å²) in [5.41, 5.74) is 3.65. The number of aryl methyl sites for hydroxylation is 1. The number of rotatable bonds is 4. The highest BCUT2D eigenvalue weighted by molar-refractivity contribution is 5.79. The lowest BCUT2D eigenvalue weighted by Gasteiger charge is -2.31. The molecule has 0 bridgehead atoms. The standard InChI is InChI=1S/C19H26N2O2/c1-14-4-6-16(7-5-14)18-17(3-2-12-23-18)19(22)21-13-15-8-10-20-11-9-15/h4-8,17-18,20H,2-3,9-13H2,1H3,(H,21,22). The highest BCUT2D eigenvalue weighted by atomic mass is 16.5. The van der Waals surface area contributed by atoms with Crippen LogP contribution in [0.2, 0.25) is 0 Å². The zero-order valence-corrected chi connectivity index (χ0v) is 13.8. The normalized spacial score (nSPS) is 24.8. The van der Waals surface area contributed by atoms with Crippen molar-refractivity contribution >= 4 is 5.91 Å². The Morgan fingerprint density at radius 1 is 1.35 bits per heavy atom. The molecule has 23 heavy (non-hydrogen) atoms. The maximum atomic E-state index is 12.7. The number of benzene rings is 1. The zero-order valence-electron chi connectivity index (χ0n) is 13.8. The van der Waals surface area contributed by atoms with Crippen molar-refractivity contribution in [2.45, 2.75) is 32.3 Å². The van der Waals surface area contributed by atoms with Crippen LogP contribution in [-0.2, 0) is 9.53 Å². The van der Waals surface area contributed by atoms with E-state index in [-0.39, 0.29) is 17.9 Å². The summed E-state index contributed by atoms with van der Waals surface area (Å²) in [5, 5.41) is 6.41. The van der Waals surface area contributed by atoms with Crippen LogP contribution in [0, 0.1) is 12.8 Å². The van der Waals surface area contributed by atoms with Gasteiger partial charge in [-0.1, -0.05) is 41.5 Å². The van der Waals surface area contributed by atoms with Gasteiger partial charge in [-0.2, -0.15) is 0 Å². The molecule has 0 aromatic heterocycles. The molecular weight excluding hydrogens is 288 g/mol. The first-order valence-electron chi connectivity index (χ1n) is 8.58. The summed E-state index contributed by atoms with van der Waals surface area (Å²) >= 11 is 0. The Morgan fingerprint density at radius 3 is 2.91 bits per heavy atom. The zero-order chi connectivity index (χ0) is 16.1. The smallest absolute Gasteiger partial charge is 0.226 e. The average Bonchev–Trinajstić information content (AvgIpc) is 2.61. The third kappa shape index (κ3) is 4.21. The second kappa shape index (κ2) is 7.75. The van der Waals surface area contributed by atoms with Gasteiger partial charge in [0.1, 0.15) is 0 Å². The van der Waals surface area contributed by atoms with Crippen LogP contribution in [0.4, 0.5) is 0 Å². The van der Waals surface area contributed by atoms with Crippen molar-refractivity contribution in [1.29, 1.82) is 0 Å². The predicted molar refractivity (Wildman–Crippen MR) is 91.2 cm³/mol. The molecule has 0 radical (unpaired) electrons. The quantitative estimate of drug-likeness (QED) is 0.840. The minimum atomic E-state index is -0.119. The molecule has 1 amide bonds. The van der Waals surface area contributed by atoms with Gasteiger partial charge in [0.15, 0.2) is 0 Å². The van der Waals surface area contributed by atoms with E-state index in [4.69, 9.17) is 4.74 Å². The number of hydrogen-bond donors (Lipinski definition) is 2. The van der Waals surface area contributed by atoms with Crippen LogP contribution < -0.4 is 10.6 Å². The molecule has 0 aliphatic carbocycles. The van der Waals surface area contributed by atoms with E-state index in [1.807, 2.05) is 0 Å². The summed E-state index contributed by atoms with van der Waals surface area (Å²) in [5.74, 6) is 0.0310. The molecule has 2 atom stereocenters. The van der Waals surface area contributed by atoms with Gasteiger partial charge in [-0.15, -0.1) is 0 Å². The second-order valence-corrected chi connectivity index (χ2v) is 6.49. The Kier molecular flexibility index (Phi) is 5.47. The number of hydrogen-bond acceptors (Lipinski definition) is 3. The molecule has 0 saturated carbocycles. The van der Waals surface area contributed by atoms with Gasteiger partial charge in [-0.05, 0) is 38.3 Å². The van der Waals surface area contributed by atoms with Crippen molar-refractivity contribution in [3.63, 3.8) is 0 Å². The summed E-state index contributed by atoms with van der Waals surface area (Å²) in [7, 11) is 0.